The second kappa shape index (κ2) is 14.6. The quantitative estimate of drug-likeness (QED) is 0.151. The fraction of sp³-hybridized carbons (Fsp3) is 0. The maximum Gasteiger partial charge on any atom is 0.269 e. The Labute approximate surface area is 256 Å². The van der Waals surface area contributed by atoms with Gasteiger partial charge in [-0.05, 0) is 66.2 Å². The van der Waals surface area contributed by atoms with Crippen LogP contribution in [0.5, 0.6) is 0 Å². The van der Waals surface area contributed by atoms with Crippen molar-refractivity contribution >= 4 is 40.8 Å². The monoisotopic (exact) mass is 629 g/mol. The third kappa shape index (κ3) is 8.21. The predicted molar refractivity (Wildman–Crippen MR) is 162 cm³/mol. The van der Waals surface area contributed by atoms with E-state index < -0.39 is 22.4 Å². The first-order valence-electron chi connectivity index (χ1n) is 13.1. The summed E-state index contributed by atoms with van der Waals surface area (Å²) < 4.78 is 32.7. The number of carbonyl (C=O) groups is 1. The van der Waals surface area contributed by atoms with Gasteiger partial charge in [-0.1, -0.05) is 72.8 Å². The molecule has 0 aliphatic carbocycles. The van der Waals surface area contributed by atoms with E-state index in [0.717, 1.165) is 26.9 Å². The van der Waals surface area contributed by atoms with Crippen LogP contribution < -0.4 is 35.2 Å². The van der Waals surface area contributed by atoms with Crippen molar-refractivity contribution in [2.75, 3.05) is 0 Å². The Bertz CT molecular complexity index is 1600. The van der Waals surface area contributed by atoms with Crippen molar-refractivity contribution in [1.82, 2.24) is 5.32 Å². The molecule has 2 N–H and O–H groups in total. The lowest BCUT2D eigenvalue weighted by Crippen LogP contribution is -2.58. The molecule has 0 spiro atoms. The molecular formula is C33H27ClN2O7P+. The van der Waals surface area contributed by atoms with Gasteiger partial charge >= 0.3 is 0 Å². The van der Waals surface area contributed by atoms with E-state index in [1.165, 1.54) is 12.1 Å². The summed E-state index contributed by atoms with van der Waals surface area (Å²) in [6, 6.07) is 46.1. The van der Waals surface area contributed by atoms with E-state index in [4.69, 9.17) is 18.6 Å². The number of non-ortho nitro benzene ring substituents is 1. The van der Waals surface area contributed by atoms with Gasteiger partial charge in [0.2, 0.25) is 0 Å². The van der Waals surface area contributed by atoms with E-state index in [1.54, 1.807) is 24.3 Å². The highest BCUT2D eigenvalue weighted by atomic mass is 35.7. The van der Waals surface area contributed by atoms with E-state index in [2.05, 4.69) is 41.7 Å². The molecule has 0 saturated carbocycles. The molecule has 0 aliphatic rings. The Morgan fingerprint density at radius 1 is 0.659 bits per heavy atom. The van der Waals surface area contributed by atoms with Crippen molar-refractivity contribution in [2.24, 2.45) is 0 Å². The lowest BCUT2D eigenvalue weighted by atomic mass is 10.2. The number of hydrogen-bond donors (Lipinski definition) is 2. The van der Waals surface area contributed by atoms with Crippen LogP contribution in [0.3, 0.4) is 0 Å². The molecule has 0 bridgehead atoms. The Kier molecular flexibility index (Phi) is 10.7. The van der Waals surface area contributed by atoms with Crippen molar-refractivity contribution in [3.63, 3.8) is 0 Å². The highest BCUT2D eigenvalue weighted by Crippen LogP contribution is 2.61. The number of nitrogens with one attached hydrogen (secondary N) is 1. The number of amides is 1. The predicted octanol–water partition coefficient (Wildman–Crippen LogP) is 2.19. The molecule has 0 aromatic heterocycles. The SMILES string of the molecule is O=C(N/C(=C/c1ccc([N+](=O)[O-])cc1)[P+](c1ccccc1)(c1ccccc1)c1ccccc1)c1ccccc1.[O-][Cl+3]([O-])([O-])O. The van der Waals surface area contributed by atoms with Gasteiger partial charge in [-0.15, -0.1) is 0 Å². The number of halogens is 1. The molecule has 0 atom stereocenters. The normalized spacial score (nSPS) is 11.6. The smallest absolute Gasteiger partial charge is 0.269 e. The van der Waals surface area contributed by atoms with Gasteiger partial charge < -0.3 is 0 Å². The molecule has 11 heteroatoms. The zero-order valence-electron chi connectivity index (χ0n) is 23.1. The number of nitro groups is 1. The van der Waals surface area contributed by atoms with Gasteiger partial charge in [0.25, 0.3) is 11.6 Å². The van der Waals surface area contributed by atoms with E-state index in [0.29, 0.717) is 5.56 Å². The fourth-order valence-electron chi connectivity index (χ4n) is 4.66. The summed E-state index contributed by atoms with van der Waals surface area (Å²) in [5.41, 5.74) is 2.03. The van der Waals surface area contributed by atoms with Crippen LogP contribution in [0, 0.1) is 20.4 Å². The number of rotatable bonds is 8. The van der Waals surface area contributed by atoms with Gasteiger partial charge in [0.05, 0.1) is 19.8 Å². The topological polar surface area (TPSA) is 162 Å². The maximum atomic E-state index is 13.7. The largest absolute Gasteiger partial charge is 0.292 e. The van der Waals surface area contributed by atoms with Gasteiger partial charge in [0, 0.05) is 23.8 Å². The Balaban J connectivity index is 0.000000818. The first-order valence-corrected chi connectivity index (χ1v) is 16.2. The third-order valence-electron chi connectivity index (χ3n) is 6.48. The minimum atomic E-state index is -4.69. The minimum Gasteiger partial charge on any atom is -0.292 e. The molecule has 0 aliphatic heterocycles. The average molecular weight is 630 g/mol. The molecule has 0 unspecified atom stereocenters. The summed E-state index contributed by atoms with van der Waals surface area (Å²) in [6.45, 7) is 0. The van der Waals surface area contributed by atoms with Gasteiger partial charge in [0.1, 0.15) is 15.9 Å². The van der Waals surface area contributed by atoms with Crippen LogP contribution in [-0.4, -0.2) is 15.5 Å². The van der Waals surface area contributed by atoms with Crippen molar-refractivity contribution in [1.29, 1.82) is 0 Å². The third-order valence-corrected chi connectivity index (χ3v) is 10.7. The highest BCUT2D eigenvalue weighted by Gasteiger charge is 2.50. The second-order valence-electron chi connectivity index (χ2n) is 9.27. The molecule has 222 valence electrons. The van der Waals surface area contributed by atoms with E-state index in [9.17, 15) is 14.9 Å². The number of nitrogens with zero attached hydrogens (tertiary/aromatic N) is 1. The summed E-state index contributed by atoms with van der Waals surface area (Å²) in [5.74, 6) is -0.226. The van der Waals surface area contributed by atoms with Gasteiger partial charge in [0.15, 0.2) is 12.7 Å². The maximum absolute atomic E-state index is 13.7. The van der Waals surface area contributed by atoms with Crippen LogP contribution in [-0.2, 0) is 0 Å². The summed E-state index contributed by atoms with van der Waals surface area (Å²) in [7, 11) is -7.33. The average Bonchev–Trinajstić information content (AvgIpc) is 3.03. The Morgan fingerprint density at radius 3 is 1.39 bits per heavy atom. The zero-order valence-corrected chi connectivity index (χ0v) is 24.8. The molecule has 5 aromatic carbocycles. The van der Waals surface area contributed by atoms with E-state index in [1.807, 2.05) is 78.9 Å². The summed E-state index contributed by atoms with van der Waals surface area (Å²) in [4.78, 5) is 24.6. The first-order chi connectivity index (χ1) is 21.1. The Hall–Kier alpha value is -4.73. The number of hydrogen-bond acceptors (Lipinski definition) is 7. The van der Waals surface area contributed by atoms with Crippen LogP contribution in [0.1, 0.15) is 15.9 Å². The fourth-order valence-corrected chi connectivity index (χ4v) is 8.86. The van der Waals surface area contributed by atoms with E-state index >= 15 is 0 Å². The lowest BCUT2D eigenvalue weighted by Gasteiger charge is -2.29. The standard InChI is InChI=1S/C33H25N2O3P.ClHO4/c36-33(27-13-5-1-6-14-27)34-32(25-26-21-23-28(24-22-26)35(37)38)39(29-15-7-2-8-16-29,30-17-9-3-10-18-30)31-19-11-4-12-20-31;2-1(3,4)5/h1-25H;(H,2,3,4,5)/p+1/b32-25-;. The van der Waals surface area contributed by atoms with Gasteiger partial charge in [-0.3, -0.25) is 20.2 Å². The van der Waals surface area contributed by atoms with Crippen molar-refractivity contribution in [3.05, 3.63) is 172 Å². The zero-order chi connectivity index (χ0) is 31.6. The van der Waals surface area contributed by atoms with Crippen LogP contribution in [0.4, 0.5) is 5.69 Å². The van der Waals surface area contributed by atoms with Gasteiger partial charge in [-0.2, -0.15) is 14.0 Å². The van der Waals surface area contributed by atoms with Crippen molar-refractivity contribution < 1.29 is 38.6 Å². The van der Waals surface area contributed by atoms with Crippen LogP contribution in [0.25, 0.3) is 6.08 Å². The molecule has 0 fully saturated rings. The van der Waals surface area contributed by atoms with Crippen molar-refractivity contribution in [2.45, 2.75) is 0 Å². The first kappa shape index (κ1) is 32.2. The summed E-state index contributed by atoms with van der Waals surface area (Å²) in [6.07, 6.45) is 1.95. The minimum absolute atomic E-state index is 0.0114. The summed E-state index contributed by atoms with van der Waals surface area (Å²) in [5, 5.41) is 17.8. The van der Waals surface area contributed by atoms with Gasteiger partial charge in [-0.25, -0.2) is 0 Å². The number of carbonyl (C=O) groups excluding carboxylic acids is 1. The Morgan fingerprint density at radius 2 is 1.02 bits per heavy atom. The second-order valence-corrected chi connectivity index (χ2v) is 13.4. The van der Waals surface area contributed by atoms with Crippen LogP contribution in [0.15, 0.2) is 151 Å². The molecular weight excluding hydrogens is 603 g/mol. The molecule has 0 heterocycles. The molecule has 5 aromatic rings. The molecule has 9 nitrogen and oxygen atoms in total. The molecule has 0 saturated heterocycles. The molecule has 44 heavy (non-hydrogen) atoms. The molecule has 0 radical (unpaired) electrons. The van der Waals surface area contributed by atoms with Crippen LogP contribution >= 0.6 is 7.26 Å². The lowest BCUT2D eigenvalue weighted by molar-refractivity contribution is -1.92. The van der Waals surface area contributed by atoms with Crippen molar-refractivity contribution in [3.8, 4) is 0 Å². The molecule has 5 rings (SSSR count). The number of nitro benzene ring substituents is 1. The highest BCUT2D eigenvalue weighted by molar-refractivity contribution is 7.99. The van der Waals surface area contributed by atoms with E-state index in [-0.39, 0.29) is 11.6 Å². The molecule has 1 amide bonds. The number of benzene rings is 5. The summed E-state index contributed by atoms with van der Waals surface area (Å²) >= 11 is 0. The van der Waals surface area contributed by atoms with Crippen LogP contribution in [0.2, 0.25) is 0 Å².